The normalized spacial score (nSPS) is 16.1. The van der Waals surface area contributed by atoms with Crippen LogP contribution in [0.2, 0.25) is 0 Å². The summed E-state index contributed by atoms with van der Waals surface area (Å²) in [5.41, 5.74) is 1.14. The number of nitrogens with one attached hydrogen (secondary N) is 1. The molecule has 1 aromatic carbocycles. The van der Waals surface area contributed by atoms with Crippen molar-refractivity contribution in [3.63, 3.8) is 0 Å². The van der Waals surface area contributed by atoms with Gasteiger partial charge in [-0.05, 0) is 38.3 Å². The number of para-hydroxylation sites is 2. The van der Waals surface area contributed by atoms with Gasteiger partial charge in [-0.25, -0.2) is 0 Å². The molecule has 1 aliphatic rings. The van der Waals surface area contributed by atoms with Crippen LogP contribution in [0.3, 0.4) is 0 Å². The Morgan fingerprint density at radius 2 is 2.14 bits per heavy atom. The van der Waals surface area contributed by atoms with Crippen LogP contribution in [0.5, 0.6) is 5.75 Å². The van der Waals surface area contributed by atoms with E-state index in [0.29, 0.717) is 6.04 Å². The van der Waals surface area contributed by atoms with Crippen molar-refractivity contribution in [3.05, 3.63) is 24.3 Å². The summed E-state index contributed by atoms with van der Waals surface area (Å²) in [4.78, 5) is 0. The van der Waals surface area contributed by atoms with E-state index in [1.807, 2.05) is 25.1 Å². The Hall–Kier alpha value is -1.18. The molecule has 2 rings (SSSR count). The average Bonchev–Trinajstić information content (AvgIpc) is 2.14. The number of anilines is 1. The van der Waals surface area contributed by atoms with Crippen LogP contribution < -0.4 is 10.1 Å². The van der Waals surface area contributed by atoms with Gasteiger partial charge in [-0.15, -0.1) is 0 Å². The van der Waals surface area contributed by atoms with Gasteiger partial charge in [0, 0.05) is 6.04 Å². The maximum absolute atomic E-state index is 5.54. The van der Waals surface area contributed by atoms with Crippen LogP contribution in [0.1, 0.15) is 26.2 Å². The van der Waals surface area contributed by atoms with E-state index in [9.17, 15) is 0 Å². The predicted octanol–water partition coefficient (Wildman–Crippen LogP) is 3.05. The van der Waals surface area contributed by atoms with E-state index >= 15 is 0 Å². The summed E-state index contributed by atoms with van der Waals surface area (Å²) in [5.74, 6) is 0.974. The largest absolute Gasteiger partial charge is 0.492 e. The third-order valence-electron chi connectivity index (χ3n) is 2.65. The molecule has 2 heteroatoms. The Kier molecular flexibility index (Phi) is 2.92. The SMILES string of the molecule is CCOc1ccccc1NC1CCC1. The molecule has 0 radical (unpaired) electrons. The molecule has 14 heavy (non-hydrogen) atoms. The standard InChI is InChI=1S/C12H17NO/c1-2-14-12-9-4-3-8-11(12)13-10-6-5-7-10/h3-4,8-10,13H,2,5-7H2,1H3. The minimum atomic E-state index is 0.664. The minimum absolute atomic E-state index is 0.664. The van der Waals surface area contributed by atoms with Crippen LogP contribution in [-0.4, -0.2) is 12.6 Å². The first-order chi connectivity index (χ1) is 6.90. The molecule has 1 aliphatic carbocycles. The smallest absolute Gasteiger partial charge is 0.142 e. The lowest BCUT2D eigenvalue weighted by atomic mass is 9.93. The fourth-order valence-corrected chi connectivity index (χ4v) is 1.64. The van der Waals surface area contributed by atoms with E-state index < -0.39 is 0 Å². The Morgan fingerprint density at radius 3 is 2.79 bits per heavy atom. The van der Waals surface area contributed by atoms with Gasteiger partial charge in [0.1, 0.15) is 5.75 Å². The van der Waals surface area contributed by atoms with Crippen LogP contribution >= 0.6 is 0 Å². The first-order valence-corrected chi connectivity index (χ1v) is 5.38. The van der Waals surface area contributed by atoms with Crippen molar-refractivity contribution >= 4 is 5.69 Å². The molecule has 0 unspecified atom stereocenters. The third-order valence-corrected chi connectivity index (χ3v) is 2.65. The molecule has 1 saturated carbocycles. The monoisotopic (exact) mass is 191 g/mol. The lowest BCUT2D eigenvalue weighted by Crippen LogP contribution is -2.27. The molecule has 76 valence electrons. The summed E-state index contributed by atoms with van der Waals surface area (Å²) in [6.07, 6.45) is 3.94. The summed E-state index contributed by atoms with van der Waals surface area (Å²) in [7, 11) is 0. The van der Waals surface area contributed by atoms with Crippen molar-refractivity contribution in [2.75, 3.05) is 11.9 Å². The van der Waals surface area contributed by atoms with Crippen LogP contribution in [0.25, 0.3) is 0 Å². The Morgan fingerprint density at radius 1 is 1.36 bits per heavy atom. The highest BCUT2D eigenvalue weighted by Crippen LogP contribution is 2.29. The zero-order valence-corrected chi connectivity index (χ0v) is 8.62. The third kappa shape index (κ3) is 2.00. The van der Waals surface area contributed by atoms with Crippen molar-refractivity contribution in [1.82, 2.24) is 0 Å². The van der Waals surface area contributed by atoms with E-state index in [-0.39, 0.29) is 0 Å². The fourth-order valence-electron chi connectivity index (χ4n) is 1.64. The van der Waals surface area contributed by atoms with Gasteiger partial charge < -0.3 is 10.1 Å². The van der Waals surface area contributed by atoms with E-state index in [1.165, 1.54) is 19.3 Å². The van der Waals surface area contributed by atoms with Crippen molar-refractivity contribution in [2.24, 2.45) is 0 Å². The van der Waals surface area contributed by atoms with Gasteiger partial charge >= 0.3 is 0 Å². The summed E-state index contributed by atoms with van der Waals surface area (Å²) >= 11 is 0. The van der Waals surface area contributed by atoms with Crippen LogP contribution in [0.15, 0.2) is 24.3 Å². The van der Waals surface area contributed by atoms with Crippen LogP contribution in [-0.2, 0) is 0 Å². The highest BCUT2D eigenvalue weighted by molar-refractivity contribution is 5.56. The zero-order chi connectivity index (χ0) is 9.80. The number of hydrogen-bond acceptors (Lipinski definition) is 2. The van der Waals surface area contributed by atoms with Gasteiger partial charge in [-0.2, -0.15) is 0 Å². The number of ether oxygens (including phenoxy) is 1. The van der Waals surface area contributed by atoms with Gasteiger partial charge in [0.25, 0.3) is 0 Å². The molecule has 0 heterocycles. The molecule has 1 aromatic rings. The lowest BCUT2D eigenvalue weighted by Gasteiger charge is -2.28. The topological polar surface area (TPSA) is 21.3 Å². The average molecular weight is 191 g/mol. The lowest BCUT2D eigenvalue weighted by molar-refractivity contribution is 0.340. The Balaban J connectivity index is 2.05. The van der Waals surface area contributed by atoms with Crippen molar-refractivity contribution in [2.45, 2.75) is 32.2 Å². The molecule has 0 saturated heterocycles. The van der Waals surface area contributed by atoms with Crippen molar-refractivity contribution < 1.29 is 4.74 Å². The number of rotatable bonds is 4. The van der Waals surface area contributed by atoms with E-state index in [2.05, 4.69) is 11.4 Å². The first-order valence-electron chi connectivity index (χ1n) is 5.38. The van der Waals surface area contributed by atoms with Gasteiger partial charge in [0.15, 0.2) is 0 Å². The number of hydrogen-bond donors (Lipinski definition) is 1. The Bertz CT molecular complexity index is 294. The van der Waals surface area contributed by atoms with Gasteiger partial charge in [-0.3, -0.25) is 0 Å². The fraction of sp³-hybridized carbons (Fsp3) is 0.500. The van der Waals surface area contributed by atoms with Gasteiger partial charge in [0.2, 0.25) is 0 Å². The molecule has 0 aromatic heterocycles. The first kappa shape index (κ1) is 9.38. The van der Waals surface area contributed by atoms with E-state index in [4.69, 9.17) is 4.74 Å². The van der Waals surface area contributed by atoms with Crippen molar-refractivity contribution in [1.29, 1.82) is 0 Å². The molecule has 0 aliphatic heterocycles. The second-order valence-electron chi connectivity index (χ2n) is 3.70. The van der Waals surface area contributed by atoms with E-state index in [1.54, 1.807) is 0 Å². The summed E-state index contributed by atoms with van der Waals surface area (Å²) in [5, 5.41) is 3.51. The molecule has 0 atom stereocenters. The highest BCUT2D eigenvalue weighted by atomic mass is 16.5. The van der Waals surface area contributed by atoms with E-state index in [0.717, 1.165) is 18.0 Å². The highest BCUT2D eigenvalue weighted by Gasteiger charge is 2.17. The quantitative estimate of drug-likeness (QED) is 0.789. The van der Waals surface area contributed by atoms with Crippen LogP contribution in [0.4, 0.5) is 5.69 Å². The second kappa shape index (κ2) is 4.36. The predicted molar refractivity (Wildman–Crippen MR) is 58.9 cm³/mol. The summed E-state index contributed by atoms with van der Waals surface area (Å²) in [6, 6.07) is 8.82. The molecule has 2 nitrogen and oxygen atoms in total. The molecule has 0 amide bonds. The summed E-state index contributed by atoms with van der Waals surface area (Å²) < 4.78 is 5.54. The maximum Gasteiger partial charge on any atom is 0.142 e. The van der Waals surface area contributed by atoms with Crippen LogP contribution in [0, 0.1) is 0 Å². The molecular weight excluding hydrogens is 174 g/mol. The minimum Gasteiger partial charge on any atom is -0.492 e. The Labute approximate surface area is 85.3 Å². The maximum atomic E-state index is 5.54. The second-order valence-corrected chi connectivity index (χ2v) is 3.70. The summed E-state index contributed by atoms with van der Waals surface area (Å²) in [6.45, 7) is 2.74. The molecule has 0 spiro atoms. The molecule has 1 fully saturated rings. The molecular formula is C12H17NO. The molecule has 1 N–H and O–H groups in total. The van der Waals surface area contributed by atoms with Crippen molar-refractivity contribution in [3.8, 4) is 5.75 Å². The number of benzene rings is 1. The molecule has 0 bridgehead atoms. The zero-order valence-electron chi connectivity index (χ0n) is 8.62. The van der Waals surface area contributed by atoms with Gasteiger partial charge in [0.05, 0.1) is 12.3 Å². The van der Waals surface area contributed by atoms with Gasteiger partial charge in [-0.1, -0.05) is 12.1 Å².